The van der Waals surface area contributed by atoms with Crippen LogP contribution in [-0.2, 0) is 0 Å². The van der Waals surface area contributed by atoms with E-state index in [4.69, 9.17) is 0 Å². The molecule has 2 heteroatoms. The molecule has 0 saturated heterocycles. The first-order chi connectivity index (χ1) is 8.36. The van der Waals surface area contributed by atoms with Crippen LogP contribution in [0.4, 0.5) is 0 Å². The molecule has 17 heavy (non-hydrogen) atoms. The highest BCUT2D eigenvalue weighted by Gasteiger charge is 2.13. The standard InChI is InChI=1S/C15H31NS/c1-3-12-16-14(4-2)9-8-13-17-15-10-6-5-7-11-15/h14-16H,3-13H2,1-2H3. The van der Waals surface area contributed by atoms with Crippen LogP contribution in [0.5, 0.6) is 0 Å². The molecule has 1 fully saturated rings. The second kappa shape index (κ2) is 10.3. The number of hydrogen-bond donors (Lipinski definition) is 1. The Labute approximate surface area is 113 Å². The third-order valence-corrected chi connectivity index (χ3v) is 5.25. The summed E-state index contributed by atoms with van der Waals surface area (Å²) in [5.41, 5.74) is 0. The van der Waals surface area contributed by atoms with Crippen molar-refractivity contribution in [2.45, 2.75) is 82.9 Å². The summed E-state index contributed by atoms with van der Waals surface area (Å²) in [7, 11) is 0. The smallest absolute Gasteiger partial charge is 0.00647 e. The highest BCUT2D eigenvalue weighted by atomic mass is 32.2. The minimum absolute atomic E-state index is 0.766. The second-order valence-corrected chi connectivity index (χ2v) is 6.74. The van der Waals surface area contributed by atoms with Crippen molar-refractivity contribution in [3.8, 4) is 0 Å². The van der Waals surface area contributed by atoms with Gasteiger partial charge in [0.05, 0.1) is 0 Å². The van der Waals surface area contributed by atoms with Crippen LogP contribution < -0.4 is 5.32 Å². The molecule has 0 amide bonds. The van der Waals surface area contributed by atoms with Crippen LogP contribution in [0.1, 0.15) is 71.6 Å². The lowest BCUT2D eigenvalue weighted by Gasteiger charge is -2.21. The Bertz CT molecular complexity index is 166. The van der Waals surface area contributed by atoms with Crippen LogP contribution >= 0.6 is 11.8 Å². The van der Waals surface area contributed by atoms with Crippen LogP contribution in [0, 0.1) is 0 Å². The number of thioether (sulfide) groups is 1. The molecular weight excluding hydrogens is 226 g/mol. The van der Waals surface area contributed by atoms with Crippen molar-refractivity contribution >= 4 is 11.8 Å². The zero-order valence-electron chi connectivity index (χ0n) is 11.8. The molecule has 1 nitrogen and oxygen atoms in total. The SMILES string of the molecule is CCCNC(CC)CCCSC1CCCCC1. The van der Waals surface area contributed by atoms with Gasteiger partial charge in [-0.05, 0) is 50.8 Å². The highest BCUT2D eigenvalue weighted by Crippen LogP contribution is 2.28. The van der Waals surface area contributed by atoms with Gasteiger partial charge in [0.1, 0.15) is 0 Å². The fraction of sp³-hybridized carbons (Fsp3) is 1.00. The van der Waals surface area contributed by atoms with Crippen molar-refractivity contribution in [3.63, 3.8) is 0 Å². The summed E-state index contributed by atoms with van der Waals surface area (Å²) in [6.07, 6.45) is 12.7. The summed E-state index contributed by atoms with van der Waals surface area (Å²) in [6.45, 7) is 5.74. The Hall–Kier alpha value is 0.310. The van der Waals surface area contributed by atoms with E-state index in [1.807, 2.05) is 0 Å². The Morgan fingerprint density at radius 1 is 1.18 bits per heavy atom. The molecule has 1 aliphatic rings. The summed E-state index contributed by atoms with van der Waals surface area (Å²) in [5, 5.41) is 4.64. The van der Waals surface area contributed by atoms with Gasteiger partial charge in [0.15, 0.2) is 0 Å². The summed E-state index contributed by atoms with van der Waals surface area (Å²) < 4.78 is 0. The van der Waals surface area contributed by atoms with Crippen LogP contribution in [0.3, 0.4) is 0 Å². The van der Waals surface area contributed by atoms with E-state index in [0.717, 1.165) is 11.3 Å². The zero-order valence-corrected chi connectivity index (χ0v) is 12.7. The van der Waals surface area contributed by atoms with E-state index in [2.05, 4.69) is 30.9 Å². The Balaban J connectivity index is 1.97. The third-order valence-electron chi connectivity index (χ3n) is 3.78. The van der Waals surface area contributed by atoms with Gasteiger partial charge >= 0.3 is 0 Å². The molecule has 0 bridgehead atoms. The lowest BCUT2D eigenvalue weighted by molar-refractivity contribution is 0.464. The number of nitrogens with one attached hydrogen (secondary N) is 1. The summed E-state index contributed by atoms with van der Waals surface area (Å²) in [4.78, 5) is 0. The summed E-state index contributed by atoms with van der Waals surface area (Å²) in [5.74, 6) is 1.38. The van der Waals surface area contributed by atoms with Crippen LogP contribution in [0.15, 0.2) is 0 Å². The van der Waals surface area contributed by atoms with Crippen LogP contribution in [0.2, 0.25) is 0 Å². The minimum Gasteiger partial charge on any atom is -0.314 e. The molecule has 1 atom stereocenters. The van der Waals surface area contributed by atoms with Gasteiger partial charge in [0.2, 0.25) is 0 Å². The maximum Gasteiger partial charge on any atom is 0.00647 e. The second-order valence-electron chi connectivity index (χ2n) is 5.33. The van der Waals surface area contributed by atoms with E-state index in [9.17, 15) is 0 Å². The maximum atomic E-state index is 3.65. The molecule has 0 aromatic rings. The van der Waals surface area contributed by atoms with Crippen molar-refractivity contribution < 1.29 is 0 Å². The average Bonchev–Trinajstić information content (AvgIpc) is 2.39. The molecule has 1 unspecified atom stereocenters. The molecule has 0 aliphatic heterocycles. The van der Waals surface area contributed by atoms with Crippen molar-refractivity contribution in [1.82, 2.24) is 5.32 Å². The molecule has 1 aliphatic carbocycles. The molecule has 1 N–H and O–H groups in total. The Morgan fingerprint density at radius 2 is 1.94 bits per heavy atom. The predicted octanol–water partition coefficient (Wildman–Crippen LogP) is 4.61. The first-order valence-corrected chi connectivity index (χ1v) is 8.76. The Morgan fingerprint density at radius 3 is 2.59 bits per heavy atom. The van der Waals surface area contributed by atoms with Crippen molar-refractivity contribution in [3.05, 3.63) is 0 Å². The fourth-order valence-corrected chi connectivity index (χ4v) is 3.94. The fourth-order valence-electron chi connectivity index (χ4n) is 2.61. The van der Waals surface area contributed by atoms with Crippen molar-refractivity contribution in [1.29, 1.82) is 0 Å². The van der Waals surface area contributed by atoms with E-state index >= 15 is 0 Å². The van der Waals surface area contributed by atoms with E-state index in [0.29, 0.717) is 0 Å². The summed E-state index contributed by atoms with van der Waals surface area (Å²) >= 11 is 2.25. The molecule has 0 aromatic heterocycles. The van der Waals surface area contributed by atoms with Gasteiger partial charge in [-0.15, -0.1) is 0 Å². The highest BCUT2D eigenvalue weighted by molar-refractivity contribution is 7.99. The average molecular weight is 257 g/mol. The topological polar surface area (TPSA) is 12.0 Å². The van der Waals surface area contributed by atoms with Gasteiger partial charge in [-0.2, -0.15) is 11.8 Å². The van der Waals surface area contributed by atoms with Gasteiger partial charge in [0, 0.05) is 11.3 Å². The molecule has 0 spiro atoms. The molecular formula is C15H31NS. The normalized spacial score (nSPS) is 19.4. The zero-order chi connectivity index (χ0) is 12.3. The van der Waals surface area contributed by atoms with Gasteiger partial charge in [0.25, 0.3) is 0 Å². The van der Waals surface area contributed by atoms with Gasteiger partial charge in [-0.3, -0.25) is 0 Å². The monoisotopic (exact) mass is 257 g/mol. The van der Waals surface area contributed by atoms with Crippen molar-refractivity contribution in [2.75, 3.05) is 12.3 Å². The van der Waals surface area contributed by atoms with Crippen LogP contribution in [-0.4, -0.2) is 23.6 Å². The first kappa shape index (κ1) is 15.4. The number of hydrogen-bond acceptors (Lipinski definition) is 2. The molecule has 0 heterocycles. The molecule has 1 saturated carbocycles. The predicted molar refractivity (Wildman–Crippen MR) is 80.9 cm³/mol. The first-order valence-electron chi connectivity index (χ1n) is 7.71. The van der Waals surface area contributed by atoms with Gasteiger partial charge in [-0.1, -0.05) is 33.1 Å². The lowest BCUT2D eigenvalue weighted by Crippen LogP contribution is -2.29. The lowest BCUT2D eigenvalue weighted by atomic mass is 10.0. The van der Waals surface area contributed by atoms with E-state index < -0.39 is 0 Å². The summed E-state index contributed by atoms with van der Waals surface area (Å²) in [6, 6.07) is 0.766. The third kappa shape index (κ3) is 7.35. The van der Waals surface area contributed by atoms with Gasteiger partial charge in [-0.25, -0.2) is 0 Å². The molecule has 1 rings (SSSR count). The molecule has 102 valence electrons. The number of rotatable bonds is 9. The van der Waals surface area contributed by atoms with E-state index in [1.165, 1.54) is 70.1 Å². The minimum atomic E-state index is 0.766. The van der Waals surface area contributed by atoms with E-state index in [-0.39, 0.29) is 0 Å². The largest absolute Gasteiger partial charge is 0.314 e. The maximum absolute atomic E-state index is 3.65. The van der Waals surface area contributed by atoms with Crippen molar-refractivity contribution in [2.24, 2.45) is 0 Å². The molecule has 0 radical (unpaired) electrons. The Kier molecular flexibility index (Phi) is 9.27. The van der Waals surface area contributed by atoms with Crippen LogP contribution in [0.25, 0.3) is 0 Å². The van der Waals surface area contributed by atoms with Gasteiger partial charge < -0.3 is 5.32 Å². The molecule has 0 aromatic carbocycles. The quantitative estimate of drug-likeness (QED) is 0.605. The van der Waals surface area contributed by atoms with E-state index in [1.54, 1.807) is 0 Å².